The molecule has 3 rings (SSSR count). The summed E-state index contributed by atoms with van der Waals surface area (Å²) in [6.07, 6.45) is 3.80. The normalized spacial score (nSPS) is 11.0. The Morgan fingerprint density at radius 1 is 1.20 bits per heavy atom. The fourth-order valence-corrected chi connectivity index (χ4v) is 1.87. The molecule has 15 heavy (non-hydrogen) atoms. The molecule has 3 aromatic rings. The molecule has 0 unspecified atom stereocenters. The Balaban J connectivity index is 2.23. The molecule has 1 aromatic carbocycles. The highest BCUT2D eigenvalue weighted by Gasteiger charge is 2.03. The second kappa shape index (κ2) is 2.98. The number of nitrogens with one attached hydrogen (secondary N) is 2. The van der Waals surface area contributed by atoms with Gasteiger partial charge in [-0.15, -0.1) is 0 Å². The summed E-state index contributed by atoms with van der Waals surface area (Å²) in [4.78, 5) is 3.18. The maximum atomic E-state index is 4.01. The highest BCUT2D eigenvalue weighted by atomic mass is 15.1. The molecule has 2 aromatic heterocycles. The van der Waals surface area contributed by atoms with Crippen molar-refractivity contribution < 1.29 is 0 Å². The Labute approximate surface area is 87.1 Å². The van der Waals surface area contributed by atoms with Crippen molar-refractivity contribution in [3.8, 4) is 11.1 Å². The highest BCUT2D eigenvalue weighted by Crippen LogP contribution is 2.25. The van der Waals surface area contributed by atoms with E-state index in [2.05, 4.69) is 46.4 Å². The van der Waals surface area contributed by atoms with Crippen molar-refractivity contribution in [2.24, 2.45) is 0 Å². The summed E-state index contributed by atoms with van der Waals surface area (Å²) < 4.78 is 0. The number of rotatable bonds is 1. The van der Waals surface area contributed by atoms with Crippen LogP contribution in [0.15, 0.2) is 36.7 Å². The summed E-state index contributed by atoms with van der Waals surface area (Å²) >= 11 is 0. The van der Waals surface area contributed by atoms with Gasteiger partial charge in [-0.2, -0.15) is 5.10 Å². The van der Waals surface area contributed by atoms with Crippen molar-refractivity contribution in [2.75, 3.05) is 0 Å². The minimum Gasteiger partial charge on any atom is -0.365 e. The summed E-state index contributed by atoms with van der Waals surface area (Å²) in [5.74, 6) is 0. The number of aryl methyl sites for hydroxylation is 1. The third-order valence-corrected chi connectivity index (χ3v) is 2.71. The van der Waals surface area contributed by atoms with Crippen LogP contribution in [-0.2, 0) is 0 Å². The van der Waals surface area contributed by atoms with Crippen LogP contribution in [0.5, 0.6) is 0 Å². The number of H-pyrrole nitrogens is 2. The van der Waals surface area contributed by atoms with Gasteiger partial charge in [0.05, 0.1) is 11.7 Å². The lowest BCUT2D eigenvalue weighted by molar-refractivity contribution is 1.12. The molecule has 2 heterocycles. The Morgan fingerprint density at radius 3 is 2.93 bits per heavy atom. The summed E-state index contributed by atoms with van der Waals surface area (Å²) in [7, 11) is 0. The first-order valence-electron chi connectivity index (χ1n) is 4.92. The molecular weight excluding hydrogens is 186 g/mol. The molecule has 3 heteroatoms. The third-order valence-electron chi connectivity index (χ3n) is 2.71. The smallest absolute Gasteiger partial charge is 0.0656 e. The summed E-state index contributed by atoms with van der Waals surface area (Å²) in [5, 5.41) is 8.14. The first kappa shape index (κ1) is 8.29. The lowest BCUT2D eigenvalue weighted by Gasteiger charge is -2.00. The number of nitrogens with zero attached hydrogens (tertiary/aromatic N) is 1. The van der Waals surface area contributed by atoms with Gasteiger partial charge >= 0.3 is 0 Å². The van der Waals surface area contributed by atoms with Crippen LogP contribution in [0.25, 0.3) is 22.0 Å². The predicted molar refractivity (Wildman–Crippen MR) is 60.6 cm³/mol. The fourth-order valence-electron chi connectivity index (χ4n) is 1.87. The zero-order valence-corrected chi connectivity index (χ0v) is 8.41. The Morgan fingerprint density at radius 2 is 2.13 bits per heavy atom. The Hall–Kier alpha value is -2.03. The first-order chi connectivity index (χ1) is 7.34. The van der Waals surface area contributed by atoms with E-state index in [4.69, 9.17) is 0 Å². The van der Waals surface area contributed by atoms with E-state index in [9.17, 15) is 0 Å². The van der Waals surface area contributed by atoms with E-state index in [1.54, 1.807) is 0 Å². The van der Waals surface area contributed by atoms with E-state index in [0.717, 1.165) is 10.9 Å². The van der Waals surface area contributed by atoms with Crippen molar-refractivity contribution in [1.82, 2.24) is 15.2 Å². The zero-order valence-electron chi connectivity index (χ0n) is 8.41. The molecule has 0 amide bonds. The minimum atomic E-state index is 1.08. The van der Waals surface area contributed by atoms with Gasteiger partial charge in [0.2, 0.25) is 0 Å². The molecule has 0 fully saturated rings. The van der Waals surface area contributed by atoms with Crippen LogP contribution in [0, 0.1) is 6.92 Å². The minimum absolute atomic E-state index is 1.08. The standard InChI is InChI=1S/C12H11N3/c1-8-11(4-5-13-8)9-2-3-10-7-14-15-12(10)6-9/h2-7,13H,1H3,(H,14,15). The largest absolute Gasteiger partial charge is 0.365 e. The van der Waals surface area contributed by atoms with E-state index in [-0.39, 0.29) is 0 Å². The van der Waals surface area contributed by atoms with E-state index in [1.807, 2.05) is 12.4 Å². The van der Waals surface area contributed by atoms with Crippen LogP contribution < -0.4 is 0 Å². The van der Waals surface area contributed by atoms with Crippen LogP contribution in [0.4, 0.5) is 0 Å². The molecule has 0 saturated carbocycles. The lowest BCUT2D eigenvalue weighted by Crippen LogP contribution is -1.79. The second-order valence-corrected chi connectivity index (χ2v) is 3.69. The molecule has 74 valence electrons. The van der Waals surface area contributed by atoms with E-state index >= 15 is 0 Å². The Kier molecular flexibility index (Phi) is 1.65. The van der Waals surface area contributed by atoms with Gasteiger partial charge in [-0.1, -0.05) is 12.1 Å². The maximum absolute atomic E-state index is 4.01. The lowest BCUT2D eigenvalue weighted by atomic mass is 10.1. The van der Waals surface area contributed by atoms with Crippen molar-refractivity contribution in [3.63, 3.8) is 0 Å². The van der Waals surface area contributed by atoms with E-state index < -0.39 is 0 Å². The number of hydrogen-bond donors (Lipinski definition) is 2. The average molecular weight is 197 g/mol. The number of fused-ring (bicyclic) bond motifs is 1. The maximum Gasteiger partial charge on any atom is 0.0656 e. The van der Waals surface area contributed by atoms with Crippen molar-refractivity contribution in [3.05, 3.63) is 42.4 Å². The van der Waals surface area contributed by atoms with Crippen LogP contribution in [0.1, 0.15) is 5.69 Å². The number of benzene rings is 1. The molecule has 0 saturated heterocycles. The van der Waals surface area contributed by atoms with Crippen LogP contribution in [0.3, 0.4) is 0 Å². The van der Waals surface area contributed by atoms with Gasteiger partial charge in [-0.3, -0.25) is 5.10 Å². The fraction of sp³-hybridized carbons (Fsp3) is 0.0833. The second-order valence-electron chi connectivity index (χ2n) is 3.69. The topological polar surface area (TPSA) is 44.5 Å². The summed E-state index contributed by atoms with van der Waals surface area (Å²) in [6, 6.07) is 8.42. The summed E-state index contributed by atoms with van der Waals surface area (Å²) in [6.45, 7) is 2.08. The van der Waals surface area contributed by atoms with E-state index in [0.29, 0.717) is 0 Å². The molecule has 0 aliphatic rings. The molecule has 0 radical (unpaired) electrons. The molecule has 2 N–H and O–H groups in total. The molecule has 0 aliphatic heterocycles. The van der Waals surface area contributed by atoms with Crippen molar-refractivity contribution >= 4 is 10.9 Å². The van der Waals surface area contributed by atoms with Crippen molar-refractivity contribution in [1.29, 1.82) is 0 Å². The van der Waals surface area contributed by atoms with Crippen LogP contribution >= 0.6 is 0 Å². The first-order valence-corrected chi connectivity index (χ1v) is 4.92. The van der Waals surface area contributed by atoms with Gasteiger partial charge in [-0.05, 0) is 24.6 Å². The number of aromatic nitrogens is 3. The monoisotopic (exact) mass is 197 g/mol. The molecular formula is C12H11N3. The van der Waals surface area contributed by atoms with E-state index in [1.165, 1.54) is 16.8 Å². The third kappa shape index (κ3) is 1.24. The van der Waals surface area contributed by atoms with Gasteiger partial charge < -0.3 is 4.98 Å². The quantitative estimate of drug-likeness (QED) is 0.619. The Bertz CT molecular complexity index is 604. The SMILES string of the molecule is Cc1[nH]ccc1-c1ccc2cn[nH]c2c1. The molecule has 0 bridgehead atoms. The number of hydrogen-bond acceptors (Lipinski definition) is 1. The molecule has 0 spiro atoms. The predicted octanol–water partition coefficient (Wildman–Crippen LogP) is 2.87. The number of aromatic amines is 2. The van der Waals surface area contributed by atoms with Gasteiger partial charge in [0.1, 0.15) is 0 Å². The van der Waals surface area contributed by atoms with Gasteiger partial charge in [-0.25, -0.2) is 0 Å². The molecule has 3 nitrogen and oxygen atoms in total. The van der Waals surface area contributed by atoms with Crippen molar-refractivity contribution in [2.45, 2.75) is 6.92 Å². The van der Waals surface area contributed by atoms with Gasteiger partial charge in [0.25, 0.3) is 0 Å². The van der Waals surface area contributed by atoms with Gasteiger partial charge in [0.15, 0.2) is 0 Å². The molecule has 0 aliphatic carbocycles. The highest BCUT2D eigenvalue weighted by molar-refractivity contribution is 5.84. The van der Waals surface area contributed by atoms with Gasteiger partial charge in [0, 0.05) is 22.8 Å². The molecule has 0 atom stereocenters. The average Bonchev–Trinajstić information content (AvgIpc) is 2.84. The zero-order chi connectivity index (χ0) is 10.3. The van der Waals surface area contributed by atoms with Crippen LogP contribution in [-0.4, -0.2) is 15.2 Å². The van der Waals surface area contributed by atoms with Crippen LogP contribution in [0.2, 0.25) is 0 Å². The summed E-state index contributed by atoms with van der Waals surface area (Å²) in [5.41, 5.74) is 4.72.